The first-order valence-corrected chi connectivity index (χ1v) is 5.81. The van der Waals surface area contributed by atoms with E-state index in [1.54, 1.807) is 6.92 Å². The summed E-state index contributed by atoms with van der Waals surface area (Å²) in [5.41, 5.74) is 1.48. The van der Waals surface area contributed by atoms with Gasteiger partial charge in [0.1, 0.15) is 5.75 Å². The Kier molecular flexibility index (Phi) is 4.36. The van der Waals surface area contributed by atoms with Crippen LogP contribution < -0.4 is 4.74 Å². The molecule has 1 N–H and O–H groups in total. The van der Waals surface area contributed by atoms with Crippen LogP contribution in [0, 0.1) is 0 Å². The number of aliphatic hydroxyl groups excluding tert-OH is 1. The highest BCUT2D eigenvalue weighted by Gasteiger charge is 2.12. The summed E-state index contributed by atoms with van der Waals surface area (Å²) in [6.45, 7) is 8.90. The summed E-state index contributed by atoms with van der Waals surface area (Å²) in [5, 5.41) is 9.10. The molecule has 90 valence electrons. The summed E-state index contributed by atoms with van der Waals surface area (Å²) < 4.78 is 5.52. The molecule has 0 amide bonds. The Hall–Kier alpha value is -1.02. The van der Waals surface area contributed by atoms with Crippen LogP contribution in [0.3, 0.4) is 0 Å². The average molecular weight is 222 g/mol. The third-order valence-corrected chi connectivity index (χ3v) is 2.52. The molecule has 1 atom stereocenters. The van der Waals surface area contributed by atoms with Crippen LogP contribution in [0.25, 0.3) is 0 Å². The molecule has 1 aromatic carbocycles. The van der Waals surface area contributed by atoms with Crippen molar-refractivity contribution in [3.63, 3.8) is 0 Å². The Labute approximate surface area is 98.3 Å². The van der Waals surface area contributed by atoms with Crippen LogP contribution in [0.1, 0.15) is 39.7 Å². The molecule has 0 aromatic heterocycles. The van der Waals surface area contributed by atoms with Gasteiger partial charge < -0.3 is 9.84 Å². The van der Waals surface area contributed by atoms with Crippen molar-refractivity contribution in [2.75, 3.05) is 6.61 Å². The van der Waals surface area contributed by atoms with E-state index in [1.165, 1.54) is 5.56 Å². The summed E-state index contributed by atoms with van der Waals surface area (Å²) in [7, 11) is 0. The van der Waals surface area contributed by atoms with Crippen molar-refractivity contribution in [2.24, 2.45) is 0 Å². The Bertz CT molecular complexity index is 307. The summed E-state index contributed by atoms with van der Waals surface area (Å²) in [6.07, 6.45) is 0.370. The number of ether oxygens (including phenoxy) is 1. The fourth-order valence-electron chi connectivity index (χ4n) is 1.40. The van der Waals surface area contributed by atoms with E-state index in [2.05, 4.69) is 32.9 Å². The molecule has 0 aliphatic carbocycles. The van der Waals surface area contributed by atoms with Gasteiger partial charge in [0.25, 0.3) is 0 Å². The maximum absolute atomic E-state index is 9.10. The first-order valence-electron chi connectivity index (χ1n) is 5.81. The first-order chi connectivity index (χ1) is 7.39. The predicted octanol–water partition coefficient (Wildman–Crippen LogP) is 3.13. The van der Waals surface area contributed by atoms with E-state index < -0.39 is 0 Å². The molecule has 0 saturated carbocycles. The summed E-state index contributed by atoms with van der Waals surface area (Å²) in [6, 6.07) is 8.17. The van der Waals surface area contributed by atoms with Gasteiger partial charge in [-0.25, -0.2) is 0 Å². The van der Waals surface area contributed by atoms with Gasteiger partial charge in [0, 0.05) is 6.42 Å². The van der Waals surface area contributed by atoms with Crippen molar-refractivity contribution in [2.45, 2.75) is 45.6 Å². The molecule has 1 rings (SSSR count). The van der Waals surface area contributed by atoms with Gasteiger partial charge in [-0.3, -0.25) is 0 Å². The minimum Gasteiger partial charge on any atom is -0.493 e. The Balaban J connectivity index is 2.52. The van der Waals surface area contributed by atoms with E-state index in [0.717, 1.165) is 5.75 Å². The number of aliphatic hydroxyl groups is 1. The maximum Gasteiger partial charge on any atom is 0.119 e. The average Bonchev–Trinajstić information content (AvgIpc) is 2.16. The number of hydrogen-bond donors (Lipinski definition) is 1. The molecule has 0 aliphatic rings. The van der Waals surface area contributed by atoms with Crippen LogP contribution in [0.2, 0.25) is 0 Å². The fraction of sp³-hybridized carbons (Fsp3) is 0.571. The summed E-state index contributed by atoms with van der Waals surface area (Å²) >= 11 is 0. The minimum atomic E-state index is -0.297. The molecule has 2 heteroatoms. The Morgan fingerprint density at radius 2 is 1.75 bits per heavy atom. The predicted molar refractivity (Wildman–Crippen MR) is 66.9 cm³/mol. The van der Waals surface area contributed by atoms with E-state index in [0.29, 0.717) is 13.0 Å². The molecule has 2 nitrogen and oxygen atoms in total. The molecule has 0 spiro atoms. The molecule has 0 fully saturated rings. The van der Waals surface area contributed by atoms with E-state index >= 15 is 0 Å². The van der Waals surface area contributed by atoms with Crippen molar-refractivity contribution in [1.29, 1.82) is 0 Å². The van der Waals surface area contributed by atoms with Crippen molar-refractivity contribution in [3.05, 3.63) is 29.8 Å². The minimum absolute atomic E-state index is 0.179. The zero-order valence-corrected chi connectivity index (χ0v) is 10.7. The van der Waals surface area contributed by atoms with Gasteiger partial charge >= 0.3 is 0 Å². The molecule has 0 radical (unpaired) electrons. The normalized spacial score (nSPS) is 13.6. The summed E-state index contributed by atoms with van der Waals surface area (Å²) in [4.78, 5) is 0. The highest BCUT2D eigenvalue weighted by molar-refractivity contribution is 5.31. The second-order valence-electron chi connectivity index (χ2n) is 5.26. The molecule has 1 unspecified atom stereocenters. The quantitative estimate of drug-likeness (QED) is 0.848. The fourth-order valence-corrected chi connectivity index (χ4v) is 1.40. The molecule has 1 aromatic rings. The second kappa shape index (κ2) is 5.35. The third-order valence-electron chi connectivity index (χ3n) is 2.52. The number of benzene rings is 1. The standard InChI is InChI=1S/C14H22O2/c1-11(15)9-10-16-13-7-5-12(6-8-13)14(2,3)4/h5-8,11,15H,9-10H2,1-4H3. The van der Waals surface area contributed by atoms with Crippen LogP contribution >= 0.6 is 0 Å². The van der Waals surface area contributed by atoms with E-state index in [1.807, 2.05) is 12.1 Å². The molecule has 16 heavy (non-hydrogen) atoms. The summed E-state index contributed by atoms with van der Waals surface area (Å²) in [5.74, 6) is 0.869. The molecule has 0 heterocycles. The monoisotopic (exact) mass is 222 g/mol. The van der Waals surface area contributed by atoms with Gasteiger partial charge in [-0.15, -0.1) is 0 Å². The van der Waals surface area contributed by atoms with Crippen LogP contribution in [-0.2, 0) is 5.41 Å². The van der Waals surface area contributed by atoms with E-state index in [4.69, 9.17) is 9.84 Å². The molecule has 0 aliphatic heterocycles. The maximum atomic E-state index is 9.10. The van der Waals surface area contributed by atoms with Crippen LogP contribution in [0.5, 0.6) is 5.75 Å². The smallest absolute Gasteiger partial charge is 0.119 e. The van der Waals surface area contributed by atoms with Crippen LogP contribution in [-0.4, -0.2) is 17.8 Å². The highest BCUT2D eigenvalue weighted by Crippen LogP contribution is 2.24. The SMILES string of the molecule is CC(O)CCOc1ccc(C(C)(C)C)cc1. The lowest BCUT2D eigenvalue weighted by Crippen LogP contribution is -2.11. The van der Waals surface area contributed by atoms with Gasteiger partial charge in [0.05, 0.1) is 12.7 Å². The van der Waals surface area contributed by atoms with Crippen molar-refractivity contribution < 1.29 is 9.84 Å². The van der Waals surface area contributed by atoms with Gasteiger partial charge in [0.2, 0.25) is 0 Å². The van der Waals surface area contributed by atoms with Crippen LogP contribution in [0.4, 0.5) is 0 Å². The molecular formula is C14H22O2. The lowest BCUT2D eigenvalue weighted by molar-refractivity contribution is 0.155. The molecular weight excluding hydrogens is 200 g/mol. The Morgan fingerprint density at radius 1 is 1.19 bits per heavy atom. The van der Waals surface area contributed by atoms with E-state index in [-0.39, 0.29) is 11.5 Å². The second-order valence-corrected chi connectivity index (χ2v) is 5.26. The topological polar surface area (TPSA) is 29.5 Å². The molecule has 0 saturated heterocycles. The van der Waals surface area contributed by atoms with Gasteiger partial charge in [-0.2, -0.15) is 0 Å². The lowest BCUT2D eigenvalue weighted by Gasteiger charge is -2.19. The molecule has 0 bridgehead atoms. The van der Waals surface area contributed by atoms with Gasteiger partial charge in [0.15, 0.2) is 0 Å². The van der Waals surface area contributed by atoms with Gasteiger partial charge in [-0.05, 0) is 30.0 Å². The van der Waals surface area contributed by atoms with Gasteiger partial charge in [-0.1, -0.05) is 32.9 Å². The zero-order chi connectivity index (χ0) is 12.2. The van der Waals surface area contributed by atoms with Crippen molar-refractivity contribution in [3.8, 4) is 5.75 Å². The largest absolute Gasteiger partial charge is 0.493 e. The van der Waals surface area contributed by atoms with E-state index in [9.17, 15) is 0 Å². The third kappa shape index (κ3) is 4.23. The number of hydrogen-bond acceptors (Lipinski definition) is 2. The van der Waals surface area contributed by atoms with Crippen molar-refractivity contribution >= 4 is 0 Å². The lowest BCUT2D eigenvalue weighted by atomic mass is 9.87. The zero-order valence-electron chi connectivity index (χ0n) is 10.7. The number of rotatable bonds is 4. The first kappa shape index (κ1) is 13.0. The van der Waals surface area contributed by atoms with Crippen molar-refractivity contribution in [1.82, 2.24) is 0 Å². The Morgan fingerprint density at radius 3 is 2.19 bits per heavy atom. The highest BCUT2D eigenvalue weighted by atomic mass is 16.5. The van der Waals surface area contributed by atoms with Crippen LogP contribution in [0.15, 0.2) is 24.3 Å².